The normalized spacial score (nSPS) is 10.8. The maximum Gasteiger partial charge on any atom is 0.323 e. The van der Waals surface area contributed by atoms with Crippen LogP contribution in [-0.2, 0) is 4.79 Å². The van der Waals surface area contributed by atoms with Crippen LogP contribution in [0.2, 0.25) is 5.15 Å². The van der Waals surface area contributed by atoms with Gasteiger partial charge in [0.15, 0.2) is 5.13 Å². The van der Waals surface area contributed by atoms with Crippen molar-refractivity contribution in [2.75, 3.05) is 38.6 Å². The Morgan fingerprint density at radius 2 is 2.25 bits per heavy atom. The highest BCUT2D eigenvalue weighted by atomic mass is 35.5. The molecule has 90 valence electrons. The van der Waals surface area contributed by atoms with Crippen molar-refractivity contribution in [2.45, 2.75) is 0 Å². The number of carbonyl (C=O) groups is 1. The highest BCUT2D eigenvalue weighted by Gasteiger charge is 2.14. The smallest absolute Gasteiger partial charge is 0.323 e. The van der Waals surface area contributed by atoms with Gasteiger partial charge in [-0.05, 0) is 14.1 Å². The third-order valence-electron chi connectivity index (χ3n) is 1.88. The number of hydrogen-bond donors (Lipinski definition) is 1. The molecule has 0 spiro atoms. The van der Waals surface area contributed by atoms with Crippen LogP contribution in [0.3, 0.4) is 0 Å². The lowest BCUT2D eigenvalue weighted by molar-refractivity contribution is -0.135. The Hall–Kier alpha value is -0.850. The molecule has 16 heavy (non-hydrogen) atoms. The number of thiazole rings is 1. The van der Waals surface area contributed by atoms with Crippen molar-refractivity contribution in [1.29, 1.82) is 0 Å². The average Bonchev–Trinajstić information content (AvgIpc) is 2.58. The molecule has 7 heteroatoms. The summed E-state index contributed by atoms with van der Waals surface area (Å²) in [6.45, 7) is 1.32. The number of carboxylic acids is 1. The fraction of sp³-hybridized carbons (Fsp3) is 0.556. The number of hydrogen-bond acceptors (Lipinski definition) is 5. The van der Waals surface area contributed by atoms with Crippen LogP contribution >= 0.6 is 22.9 Å². The molecule has 1 N–H and O–H groups in total. The fourth-order valence-electron chi connectivity index (χ4n) is 1.12. The molecule has 0 bridgehead atoms. The molecule has 0 aliphatic heterocycles. The maximum atomic E-state index is 10.7. The van der Waals surface area contributed by atoms with Gasteiger partial charge in [0, 0.05) is 18.5 Å². The second kappa shape index (κ2) is 6.03. The van der Waals surface area contributed by atoms with Crippen molar-refractivity contribution in [1.82, 2.24) is 9.88 Å². The summed E-state index contributed by atoms with van der Waals surface area (Å²) in [6, 6.07) is 0. The Balaban J connectivity index is 2.67. The molecule has 1 heterocycles. The number of anilines is 1. The first-order valence-corrected chi connectivity index (χ1v) is 5.97. The molecule has 0 aliphatic rings. The van der Waals surface area contributed by atoms with Crippen LogP contribution < -0.4 is 4.90 Å². The first-order valence-electron chi connectivity index (χ1n) is 4.71. The summed E-state index contributed by atoms with van der Waals surface area (Å²) in [6.07, 6.45) is 0. The van der Waals surface area contributed by atoms with E-state index in [0.29, 0.717) is 16.8 Å². The van der Waals surface area contributed by atoms with E-state index in [1.807, 2.05) is 19.0 Å². The molecular weight excluding hydrogens is 250 g/mol. The molecule has 1 aromatic rings. The first-order chi connectivity index (χ1) is 7.49. The predicted molar refractivity (Wildman–Crippen MR) is 65.5 cm³/mol. The summed E-state index contributed by atoms with van der Waals surface area (Å²) in [5.41, 5.74) is 0. The monoisotopic (exact) mass is 263 g/mol. The SMILES string of the molecule is CN(C)CCN(CC(=O)O)c1nc(Cl)cs1. The summed E-state index contributed by atoms with van der Waals surface area (Å²) in [7, 11) is 3.88. The molecule has 0 radical (unpaired) electrons. The van der Waals surface area contributed by atoms with Gasteiger partial charge in [-0.2, -0.15) is 0 Å². The van der Waals surface area contributed by atoms with E-state index >= 15 is 0 Å². The number of aliphatic carboxylic acids is 1. The van der Waals surface area contributed by atoms with E-state index in [1.165, 1.54) is 11.3 Å². The summed E-state index contributed by atoms with van der Waals surface area (Å²) in [5.74, 6) is -0.870. The van der Waals surface area contributed by atoms with Gasteiger partial charge in [0.2, 0.25) is 0 Å². The van der Waals surface area contributed by atoms with Crippen LogP contribution in [0.5, 0.6) is 0 Å². The number of rotatable bonds is 6. The van der Waals surface area contributed by atoms with E-state index in [9.17, 15) is 4.79 Å². The molecule has 0 aromatic carbocycles. The quantitative estimate of drug-likeness (QED) is 0.837. The van der Waals surface area contributed by atoms with Gasteiger partial charge in [-0.3, -0.25) is 4.79 Å². The van der Waals surface area contributed by atoms with Gasteiger partial charge in [0.05, 0.1) is 0 Å². The van der Waals surface area contributed by atoms with Gasteiger partial charge < -0.3 is 14.9 Å². The number of nitrogens with zero attached hydrogens (tertiary/aromatic N) is 3. The Morgan fingerprint density at radius 1 is 1.56 bits per heavy atom. The van der Waals surface area contributed by atoms with Crippen molar-refractivity contribution in [3.05, 3.63) is 10.5 Å². The van der Waals surface area contributed by atoms with Crippen LogP contribution in [0.4, 0.5) is 5.13 Å². The molecule has 1 aromatic heterocycles. The fourth-order valence-corrected chi connectivity index (χ4v) is 2.09. The van der Waals surface area contributed by atoms with Crippen molar-refractivity contribution in [3.63, 3.8) is 0 Å². The Bertz CT molecular complexity index is 356. The molecular formula is C9H14ClN3O2S. The zero-order valence-electron chi connectivity index (χ0n) is 9.18. The summed E-state index contributed by atoms with van der Waals surface area (Å²) < 4.78 is 0. The molecule has 0 amide bonds. The van der Waals surface area contributed by atoms with Crippen LogP contribution in [0.15, 0.2) is 5.38 Å². The van der Waals surface area contributed by atoms with E-state index in [4.69, 9.17) is 16.7 Å². The Labute approximate surface area is 103 Å². The van der Waals surface area contributed by atoms with E-state index < -0.39 is 5.97 Å². The van der Waals surface area contributed by atoms with Crippen LogP contribution in [-0.4, -0.2) is 54.7 Å². The lowest BCUT2D eigenvalue weighted by Gasteiger charge is -2.21. The third-order valence-corrected chi connectivity index (χ3v) is 3.10. The molecule has 1 rings (SSSR count). The zero-order valence-corrected chi connectivity index (χ0v) is 10.8. The zero-order chi connectivity index (χ0) is 12.1. The lowest BCUT2D eigenvalue weighted by atomic mass is 10.5. The van der Waals surface area contributed by atoms with Crippen molar-refractivity contribution in [2.24, 2.45) is 0 Å². The summed E-state index contributed by atoms with van der Waals surface area (Å²) in [5, 5.41) is 11.6. The molecule has 0 atom stereocenters. The summed E-state index contributed by atoms with van der Waals surface area (Å²) in [4.78, 5) is 18.5. The molecule has 0 saturated carbocycles. The Kier molecular flexibility index (Phi) is 4.98. The van der Waals surface area contributed by atoms with Crippen LogP contribution in [0.25, 0.3) is 0 Å². The highest BCUT2D eigenvalue weighted by Crippen LogP contribution is 2.22. The largest absolute Gasteiger partial charge is 0.480 e. The van der Waals surface area contributed by atoms with Gasteiger partial charge in [0.1, 0.15) is 11.7 Å². The Morgan fingerprint density at radius 3 is 2.69 bits per heavy atom. The second-order valence-electron chi connectivity index (χ2n) is 3.57. The van der Waals surface area contributed by atoms with Crippen LogP contribution in [0, 0.1) is 0 Å². The summed E-state index contributed by atoms with van der Waals surface area (Å²) >= 11 is 7.07. The van der Waals surface area contributed by atoms with Gasteiger partial charge in [-0.15, -0.1) is 11.3 Å². The molecule has 5 nitrogen and oxygen atoms in total. The van der Waals surface area contributed by atoms with E-state index in [1.54, 1.807) is 10.3 Å². The van der Waals surface area contributed by atoms with Gasteiger partial charge >= 0.3 is 5.97 Å². The minimum atomic E-state index is -0.870. The van der Waals surface area contributed by atoms with Crippen molar-refractivity contribution < 1.29 is 9.90 Å². The van der Waals surface area contributed by atoms with Gasteiger partial charge in [-0.25, -0.2) is 4.98 Å². The average molecular weight is 264 g/mol. The molecule has 0 saturated heterocycles. The van der Waals surface area contributed by atoms with Gasteiger partial charge in [0.25, 0.3) is 0 Å². The third kappa shape index (κ3) is 4.34. The van der Waals surface area contributed by atoms with E-state index in [0.717, 1.165) is 6.54 Å². The number of halogens is 1. The second-order valence-corrected chi connectivity index (χ2v) is 4.80. The highest BCUT2D eigenvalue weighted by molar-refractivity contribution is 7.14. The molecule has 0 unspecified atom stereocenters. The number of likely N-dealkylation sites (N-methyl/N-ethyl adjacent to an activating group) is 1. The lowest BCUT2D eigenvalue weighted by Crippen LogP contribution is -2.35. The number of aromatic nitrogens is 1. The molecule has 0 aliphatic carbocycles. The van der Waals surface area contributed by atoms with E-state index in [2.05, 4.69) is 4.98 Å². The van der Waals surface area contributed by atoms with Gasteiger partial charge in [-0.1, -0.05) is 11.6 Å². The topological polar surface area (TPSA) is 56.7 Å². The van der Waals surface area contributed by atoms with Crippen LogP contribution in [0.1, 0.15) is 0 Å². The standard InChI is InChI=1S/C9H14ClN3O2S/c1-12(2)3-4-13(5-8(14)15)9-11-7(10)6-16-9/h6H,3-5H2,1-2H3,(H,14,15). The van der Waals surface area contributed by atoms with Crippen molar-refractivity contribution >= 4 is 34.0 Å². The minimum Gasteiger partial charge on any atom is -0.480 e. The first kappa shape index (κ1) is 13.2. The van der Waals surface area contributed by atoms with E-state index in [-0.39, 0.29) is 6.54 Å². The predicted octanol–water partition coefficient (Wildman–Crippen LogP) is 1.25. The van der Waals surface area contributed by atoms with Crippen molar-refractivity contribution in [3.8, 4) is 0 Å². The minimum absolute atomic E-state index is 0.0579. The maximum absolute atomic E-state index is 10.7. The molecule has 0 fully saturated rings. The number of carboxylic acid groups (broad SMARTS) is 1.